The Labute approximate surface area is 152 Å². The van der Waals surface area contributed by atoms with Crippen molar-refractivity contribution >= 4 is 17.8 Å². The fourth-order valence-electron chi connectivity index (χ4n) is 3.72. The molecule has 0 spiro atoms. The van der Waals surface area contributed by atoms with Gasteiger partial charge in [-0.25, -0.2) is 4.79 Å². The number of piperidine rings is 1. The van der Waals surface area contributed by atoms with Crippen LogP contribution in [-0.2, 0) is 14.3 Å². The molecule has 0 saturated carbocycles. The number of benzene rings is 1. The number of ether oxygens (including phenoxy) is 1. The van der Waals surface area contributed by atoms with Crippen molar-refractivity contribution in [2.75, 3.05) is 32.8 Å². The smallest absolute Gasteiger partial charge is 0.334 e. The molecule has 1 aromatic carbocycles. The van der Waals surface area contributed by atoms with Crippen molar-refractivity contribution in [1.29, 1.82) is 0 Å². The first kappa shape index (κ1) is 18.4. The summed E-state index contributed by atoms with van der Waals surface area (Å²) in [4.78, 5) is 40.3. The molecule has 2 aliphatic rings. The molecule has 7 nitrogen and oxygen atoms in total. The maximum Gasteiger partial charge on any atom is 0.334 e. The molecule has 2 saturated heterocycles. The van der Waals surface area contributed by atoms with E-state index in [1.165, 1.54) is 0 Å². The lowest BCUT2D eigenvalue weighted by molar-refractivity contribution is -0.163. The van der Waals surface area contributed by atoms with Crippen molar-refractivity contribution in [3.63, 3.8) is 0 Å². The number of carbonyl (C=O) groups is 3. The average molecular weight is 360 g/mol. The first-order chi connectivity index (χ1) is 12.4. The van der Waals surface area contributed by atoms with Gasteiger partial charge in [0.2, 0.25) is 5.91 Å². The summed E-state index contributed by atoms with van der Waals surface area (Å²) in [5.74, 6) is -1.23. The van der Waals surface area contributed by atoms with E-state index < -0.39 is 17.5 Å². The van der Waals surface area contributed by atoms with Crippen molar-refractivity contribution in [3.05, 3.63) is 35.9 Å². The Morgan fingerprint density at radius 2 is 1.88 bits per heavy atom. The summed E-state index contributed by atoms with van der Waals surface area (Å²) in [7, 11) is 0. The molecule has 2 aliphatic heterocycles. The van der Waals surface area contributed by atoms with Crippen molar-refractivity contribution < 1.29 is 24.2 Å². The van der Waals surface area contributed by atoms with E-state index in [-0.39, 0.29) is 25.0 Å². The van der Waals surface area contributed by atoms with Crippen LogP contribution in [0.3, 0.4) is 0 Å². The number of nitrogens with zero attached hydrogens (tertiary/aromatic N) is 2. The largest absolute Gasteiger partial charge is 0.479 e. The minimum atomic E-state index is -1.06. The van der Waals surface area contributed by atoms with Gasteiger partial charge in [-0.1, -0.05) is 18.2 Å². The second-order valence-corrected chi connectivity index (χ2v) is 7.21. The van der Waals surface area contributed by atoms with Gasteiger partial charge in [0.1, 0.15) is 0 Å². The zero-order valence-corrected chi connectivity index (χ0v) is 14.9. The second kappa shape index (κ2) is 7.45. The minimum Gasteiger partial charge on any atom is -0.479 e. The molecule has 3 rings (SSSR count). The molecule has 0 aliphatic carbocycles. The fourth-order valence-corrected chi connectivity index (χ4v) is 3.72. The molecule has 0 radical (unpaired) electrons. The van der Waals surface area contributed by atoms with Gasteiger partial charge in [-0.3, -0.25) is 9.59 Å². The molecule has 26 heavy (non-hydrogen) atoms. The summed E-state index contributed by atoms with van der Waals surface area (Å²) in [6, 6.07) is 9.05. The van der Waals surface area contributed by atoms with Gasteiger partial charge in [-0.15, -0.1) is 0 Å². The molecular formula is C19H24N2O5. The molecule has 0 bridgehead atoms. The number of aliphatic carboxylic acids is 1. The van der Waals surface area contributed by atoms with Crippen LogP contribution in [0, 0.1) is 5.41 Å². The molecule has 1 aromatic rings. The van der Waals surface area contributed by atoms with E-state index in [0.717, 1.165) is 6.42 Å². The third-order valence-corrected chi connectivity index (χ3v) is 5.15. The first-order valence-electron chi connectivity index (χ1n) is 8.89. The highest BCUT2D eigenvalue weighted by Gasteiger charge is 2.43. The van der Waals surface area contributed by atoms with Crippen molar-refractivity contribution in [1.82, 2.24) is 9.80 Å². The van der Waals surface area contributed by atoms with E-state index >= 15 is 0 Å². The normalized spacial score (nSPS) is 26.4. The lowest BCUT2D eigenvalue weighted by Crippen LogP contribution is -2.57. The summed E-state index contributed by atoms with van der Waals surface area (Å²) in [6.45, 7) is 3.48. The number of likely N-dealkylation sites (tertiary alicyclic amines) is 1. The highest BCUT2D eigenvalue weighted by molar-refractivity contribution is 5.95. The molecule has 1 N–H and O–H groups in total. The molecule has 7 heteroatoms. The Kier molecular flexibility index (Phi) is 5.27. The van der Waals surface area contributed by atoms with Gasteiger partial charge in [0.15, 0.2) is 6.10 Å². The molecule has 2 unspecified atom stereocenters. The van der Waals surface area contributed by atoms with Crippen LogP contribution < -0.4 is 0 Å². The van der Waals surface area contributed by atoms with Crippen LogP contribution in [0.25, 0.3) is 0 Å². The molecule has 2 atom stereocenters. The first-order valence-corrected chi connectivity index (χ1v) is 8.89. The highest BCUT2D eigenvalue weighted by atomic mass is 16.5. The number of carboxylic acids is 1. The standard InChI is InChI=1S/C19H24N2O5/c1-19(18(25)20-10-11-26-15(12-20)17(23)24)8-5-9-21(13-19)16(22)14-6-3-2-4-7-14/h2-4,6-7,15H,5,8-13H2,1H3,(H,23,24). The van der Waals surface area contributed by atoms with E-state index in [4.69, 9.17) is 9.84 Å². The molecule has 0 aromatic heterocycles. The number of amides is 2. The van der Waals surface area contributed by atoms with E-state index in [2.05, 4.69) is 0 Å². The highest BCUT2D eigenvalue weighted by Crippen LogP contribution is 2.33. The van der Waals surface area contributed by atoms with E-state index in [0.29, 0.717) is 31.6 Å². The zero-order chi connectivity index (χ0) is 18.7. The summed E-state index contributed by atoms with van der Waals surface area (Å²) in [6.07, 6.45) is 0.439. The third-order valence-electron chi connectivity index (χ3n) is 5.15. The number of morpholine rings is 1. The third kappa shape index (κ3) is 3.72. The fraction of sp³-hybridized carbons (Fsp3) is 0.526. The Morgan fingerprint density at radius 1 is 1.15 bits per heavy atom. The Bertz CT molecular complexity index is 692. The van der Waals surface area contributed by atoms with Gasteiger partial charge in [-0.2, -0.15) is 0 Å². The van der Waals surface area contributed by atoms with Gasteiger partial charge in [0, 0.05) is 25.2 Å². The number of rotatable bonds is 3. The molecule has 2 heterocycles. The molecule has 2 fully saturated rings. The second-order valence-electron chi connectivity index (χ2n) is 7.21. The SMILES string of the molecule is CC1(C(=O)N2CCOC(C(=O)O)C2)CCCN(C(=O)c2ccccc2)C1. The molecule has 140 valence electrons. The lowest BCUT2D eigenvalue weighted by atomic mass is 9.80. The van der Waals surface area contributed by atoms with E-state index in [9.17, 15) is 14.4 Å². The van der Waals surface area contributed by atoms with Gasteiger partial charge >= 0.3 is 5.97 Å². The summed E-state index contributed by atoms with van der Waals surface area (Å²) < 4.78 is 5.20. The average Bonchev–Trinajstić information content (AvgIpc) is 2.67. The molecular weight excluding hydrogens is 336 g/mol. The summed E-state index contributed by atoms with van der Waals surface area (Å²) >= 11 is 0. The predicted molar refractivity (Wildman–Crippen MR) is 93.6 cm³/mol. The van der Waals surface area contributed by atoms with Crippen LogP contribution in [0.15, 0.2) is 30.3 Å². The topological polar surface area (TPSA) is 87.2 Å². The number of hydrogen-bond acceptors (Lipinski definition) is 4. The van der Waals surface area contributed by atoms with Crippen LogP contribution in [0.1, 0.15) is 30.1 Å². The van der Waals surface area contributed by atoms with Crippen LogP contribution in [0.5, 0.6) is 0 Å². The summed E-state index contributed by atoms with van der Waals surface area (Å²) in [5, 5.41) is 9.14. The van der Waals surface area contributed by atoms with Gasteiger partial charge in [-0.05, 0) is 31.9 Å². The quantitative estimate of drug-likeness (QED) is 0.876. The lowest BCUT2D eigenvalue weighted by Gasteiger charge is -2.43. The van der Waals surface area contributed by atoms with Crippen molar-refractivity contribution in [2.24, 2.45) is 5.41 Å². The van der Waals surface area contributed by atoms with Gasteiger partial charge in [0.25, 0.3) is 5.91 Å². The maximum atomic E-state index is 13.1. The number of carbonyl (C=O) groups excluding carboxylic acids is 2. The van der Waals surface area contributed by atoms with Gasteiger partial charge in [0.05, 0.1) is 18.6 Å². The van der Waals surface area contributed by atoms with Crippen LogP contribution >= 0.6 is 0 Å². The number of hydrogen-bond donors (Lipinski definition) is 1. The van der Waals surface area contributed by atoms with E-state index in [1.54, 1.807) is 21.9 Å². The van der Waals surface area contributed by atoms with Crippen molar-refractivity contribution in [3.8, 4) is 0 Å². The van der Waals surface area contributed by atoms with E-state index in [1.807, 2.05) is 25.1 Å². The molecule has 2 amide bonds. The zero-order valence-electron chi connectivity index (χ0n) is 14.9. The number of carboxylic acid groups (broad SMARTS) is 1. The Balaban J connectivity index is 1.71. The monoisotopic (exact) mass is 360 g/mol. The van der Waals surface area contributed by atoms with Crippen molar-refractivity contribution in [2.45, 2.75) is 25.9 Å². The summed E-state index contributed by atoms with van der Waals surface area (Å²) in [5.41, 5.74) is -0.0928. The van der Waals surface area contributed by atoms with Crippen LogP contribution in [0.2, 0.25) is 0 Å². The Morgan fingerprint density at radius 3 is 2.58 bits per heavy atom. The predicted octanol–water partition coefficient (Wildman–Crippen LogP) is 1.24. The van der Waals surface area contributed by atoms with Crippen LogP contribution in [0.4, 0.5) is 0 Å². The minimum absolute atomic E-state index is 0.0520. The maximum absolute atomic E-state index is 13.1. The van der Waals surface area contributed by atoms with Gasteiger partial charge < -0.3 is 19.6 Å². The Hall–Kier alpha value is -2.41. The van der Waals surface area contributed by atoms with Crippen LogP contribution in [-0.4, -0.2) is 71.6 Å².